The van der Waals surface area contributed by atoms with E-state index in [1.807, 2.05) is 13.8 Å². The van der Waals surface area contributed by atoms with Crippen LogP contribution in [0.4, 0.5) is 0 Å². The normalized spacial score (nSPS) is 35.2. The van der Waals surface area contributed by atoms with E-state index in [9.17, 15) is 0 Å². The summed E-state index contributed by atoms with van der Waals surface area (Å²) in [5, 5.41) is 9.00. The molecule has 0 heterocycles. The highest BCUT2D eigenvalue weighted by molar-refractivity contribution is 5.11. The molecular formula is C18H31NO. The molecule has 0 radical (unpaired) electrons. The van der Waals surface area contributed by atoms with Gasteiger partial charge in [-0.05, 0) is 69.1 Å². The van der Waals surface area contributed by atoms with Crippen LogP contribution in [-0.4, -0.2) is 12.7 Å². The van der Waals surface area contributed by atoms with Crippen LogP contribution in [0.5, 0.6) is 0 Å². The van der Waals surface area contributed by atoms with Crippen molar-refractivity contribution in [3.05, 3.63) is 0 Å². The highest BCUT2D eigenvalue weighted by Crippen LogP contribution is 2.66. The van der Waals surface area contributed by atoms with E-state index >= 15 is 0 Å². The zero-order chi connectivity index (χ0) is 15.0. The van der Waals surface area contributed by atoms with Crippen LogP contribution in [-0.2, 0) is 4.74 Å². The number of nitriles is 1. The maximum Gasteiger partial charge on any atom is 0.0683 e. The topological polar surface area (TPSA) is 33.0 Å². The van der Waals surface area contributed by atoms with E-state index in [0.29, 0.717) is 16.9 Å². The molecule has 3 atom stereocenters. The van der Waals surface area contributed by atoms with Crippen molar-refractivity contribution in [1.82, 2.24) is 0 Å². The summed E-state index contributed by atoms with van der Waals surface area (Å²) in [7, 11) is 0. The van der Waals surface area contributed by atoms with Crippen LogP contribution in [0.3, 0.4) is 0 Å². The van der Waals surface area contributed by atoms with E-state index < -0.39 is 0 Å². The van der Waals surface area contributed by atoms with E-state index in [2.05, 4.69) is 26.8 Å². The molecule has 114 valence electrons. The molecule has 0 aromatic carbocycles. The van der Waals surface area contributed by atoms with Crippen molar-refractivity contribution in [1.29, 1.82) is 5.26 Å². The lowest BCUT2D eigenvalue weighted by atomic mass is 9.70. The molecule has 3 unspecified atom stereocenters. The quantitative estimate of drug-likeness (QED) is 0.644. The lowest BCUT2D eigenvalue weighted by Crippen LogP contribution is -2.37. The van der Waals surface area contributed by atoms with Gasteiger partial charge in [0.1, 0.15) is 0 Å². The molecule has 0 spiro atoms. The molecular weight excluding hydrogens is 246 g/mol. The Morgan fingerprint density at radius 2 is 1.95 bits per heavy atom. The molecule has 2 nitrogen and oxygen atoms in total. The molecule has 0 N–H and O–H groups in total. The number of ether oxygens (including phenoxy) is 1. The number of hydrogen-bond acceptors (Lipinski definition) is 2. The summed E-state index contributed by atoms with van der Waals surface area (Å²) in [5.41, 5.74) is 0.643. The van der Waals surface area contributed by atoms with Crippen LogP contribution in [0.15, 0.2) is 0 Å². The lowest BCUT2D eigenvalue weighted by molar-refractivity contribution is -0.0477. The van der Waals surface area contributed by atoms with Crippen molar-refractivity contribution in [3.63, 3.8) is 0 Å². The molecule has 2 heteroatoms. The molecule has 2 aliphatic rings. The second-order valence-corrected chi connectivity index (χ2v) is 8.42. The standard InChI is InChI=1S/C18H31NO/c1-16(2,13-19)9-6-7-11-20-15-12-14-8-10-18(15,5)17(14,3)4/h14-15H,6-12H2,1-5H3. The fourth-order valence-electron chi connectivity index (χ4n) is 4.33. The Balaban J connectivity index is 1.73. The first-order valence-corrected chi connectivity index (χ1v) is 8.26. The van der Waals surface area contributed by atoms with Crippen LogP contribution in [0.25, 0.3) is 0 Å². The number of hydrogen-bond donors (Lipinski definition) is 0. The smallest absolute Gasteiger partial charge is 0.0683 e. The van der Waals surface area contributed by atoms with Gasteiger partial charge in [-0.2, -0.15) is 5.26 Å². The molecule has 2 bridgehead atoms. The first kappa shape index (κ1) is 15.8. The summed E-state index contributed by atoms with van der Waals surface area (Å²) in [6.07, 6.45) is 7.59. The predicted molar refractivity (Wildman–Crippen MR) is 82.2 cm³/mol. The number of fused-ring (bicyclic) bond motifs is 2. The monoisotopic (exact) mass is 277 g/mol. The van der Waals surface area contributed by atoms with Gasteiger partial charge < -0.3 is 4.74 Å². The van der Waals surface area contributed by atoms with Gasteiger partial charge in [0.15, 0.2) is 0 Å². The van der Waals surface area contributed by atoms with Crippen LogP contribution in [0.2, 0.25) is 0 Å². The van der Waals surface area contributed by atoms with Crippen molar-refractivity contribution < 1.29 is 4.74 Å². The van der Waals surface area contributed by atoms with E-state index in [1.54, 1.807) is 0 Å². The molecule has 2 saturated carbocycles. The van der Waals surface area contributed by atoms with Crippen molar-refractivity contribution in [2.45, 2.75) is 79.2 Å². The first-order chi connectivity index (χ1) is 9.23. The molecule has 0 amide bonds. The van der Waals surface area contributed by atoms with E-state index in [1.165, 1.54) is 19.3 Å². The third kappa shape index (κ3) is 2.62. The van der Waals surface area contributed by atoms with Crippen LogP contribution in [0.1, 0.15) is 73.1 Å². The zero-order valence-electron chi connectivity index (χ0n) is 14.0. The van der Waals surface area contributed by atoms with Crippen molar-refractivity contribution in [3.8, 4) is 6.07 Å². The maximum absolute atomic E-state index is 9.00. The van der Waals surface area contributed by atoms with Gasteiger partial charge in [0.25, 0.3) is 0 Å². The summed E-state index contributed by atoms with van der Waals surface area (Å²) < 4.78 is 6.24. The SMILES string of the molecule is CC(C)(C#N)CCCCOC1CC2CCC1(C)C2(C)C. The Hall–Kier alpha value is -0.550. The highest BCUT2D eigenvalue weighted by Gasteiger charge is 2.61. The number of unbranched alkanes of at least 4 members (excludes halogenated alkanes) is 1. The molecule has 2 rings (SSSR count). The van der Waals surface area contributed by atoms with E-state index in [0.717, 1.165) is 31.8 Å². The van der Waals surface area contributed by atoms with Gasteiger partial charge in [0, 0.05) is 6.61 Å². The molecule has 0 aromatic rings. The molecule has 0 aromatic heterocycles. The number of nitrogens with zero attached hydrogens (tertiary/aromatic N) is 1. The Labute approximate surface area is 124 Å². The van der Waals surface area contributed by atoms with Gasteiger partial charge in [-0.1, -0.05) is 20.8 Å². The lowest BCUT2D eigenvalue weighted by Gasteiger charge is -2.39. The summed E-state index contributed by atoms with van der Waals surface area (Å²) >= 11 is 0. The van der Waals surface area contributed by atoms with Crippen molar-refractivity contribution in [2.75, 3.05) is 6.61 Å². The number of rotatable bonds is 6. The second kappa shape index (κ2) is 5.34. The van der Waals surface area contributed by atoms with Gasteiger partial charge in [-0.15, -0.1) is 0 Å². The largest absolute Gasteiger partial charge is 0.378 e. The van der Waals surface area contributed by atoms with Crippen LogP contribution in [0, 0.1) is 33.5 Å². The van der Waals surface area contributed by atoms with Gasteiger partial charge in [-0.25, -0.2) is 0 Å². The van der Waals surface area contributed by atoms with Crippen LogP contribution < -0.4 is 0 Å². The van der Waals surface area contributed by atoms with Gasteiger partial charge >= 0.3 is 0 Å². The van der Waals surface area contributed by atoms with Gasteiger partial charge in [0.2, 0.25) is 0 Å². The molecule has 0 saturated heterocycles. The highest BCUT2D eigenvalue weighted by atomic mass is 16.5. The third-order valence-corrected chi connectivity index (χ3v) is 6.53. The fourth-order valence-corrected chi connectivity index (χ4v) is 4.33. The Bertz CT molecular complexity index is 393. The molecule has 0 aliphatic heterocycles. The van der Waals surface area contributed by atoms with E-state index in [4.69, 9.17) is 10.00 Å². The van der Waals surface area contributed by atoms with Crippen molar-refractivity contribution in [2.24, 2.45) is 22.2 Å². The Morgan fingerprint density at radius 3 is 2.45 bits per heavy atom. The zero-order valence-corrected chi connectivity index (χ0v) is 14.0. The molecule has 2 aliphatic carbocycles. The fraction of sp³-hybridized carbons (Fsp3) is 0.944. The average molecular weight is 277 g/mol. The van der Waals surface area contributed by atoms with Crippen molar-refractivity contribution >= 4 is 0 Å². The average Bonchev–Trinajstić information content (AvgIpc) is 2.71. The summed E-state index contributed by atoms with van der Waals surface area (Å²) in [6.45, 7) is 12.2. The summed E-state index contributed by atoms with van der Waals surface area (Å²) in [4.78, 5) is 0. The van der Waals surface area contributed by atoms with Crippen LogP contribution >= 0.6 is 0 Å². The summed E-state index contributed by atoms with van der Waals surface area (Å²) in [5.74, 6) is 0.857. The minimum Gasteiger partial charge on any atom is -0.378 e. The second-order valence-electron chi connectivity index (χ2n) is 8.42. The minimum absolute atomic E-state index is 0.180. The minimum atomic E-state index is -0.180. The third-order valence-electron chi connectivity index (χ3n) is 6.53. The first-order valence-electron chi connectivity index (χ1n) is 8.26. The Kier molecular flexibility index (Phi) is 4.22. The molecule has 2 fully saturated rings. The van der Waals surface area contributed by atoms with Gasteiger partial charge in [-0.3, -0.25) is 0 Å². The Morgan fingerprint density at radius 1 is 1.25 bits per heavy atom. The maximum atomic E-state index is 9.00. The summed E-state index contributed by atoms with van der Waals surface area (Å²) in [6, 6.07) is 2.37. The predicted octanol–water partition coefficient (Wildman–Crippen LogP) is 4.94. The van der Waals surface area contributed by atoms with E-state index in [-0.39, 0.29) is 5.41 Å². The van der Waals surface area contributed by atoms with Gasteiger partial charge in [0.05, 0.1) is 17.6 Å². The molecule has 20 heavy (non-hydrogen) atoms.